The van der Waals surface area contributed by atoms with Gasteiger partial charge in [0.2, 0.25) is 0 Å². The molecule has 0 bridgehead atoms. The summed E-state index contributed by atoms with van der Waals surface area (Å²) < 4.78 is 19.0. The molecule has 0 spiro atoms. The number of hydrogen-bond donors (Lipinski definition) is 2. The fraction of sp³-hybridized carbons (Fsp3) is 0.280. The Kier molecular flexibility index (Phi) is 6.87. The van der Waals surface area contributed by atoms with Gasteiger partial charge in [-0.2, -0.15) is 0 Å². The number of benzene rings is 2. The van der Waals surface area contributed by atoms with Crippen molar-refractivity contribution in [2.45, 2.75) is 37.3 Å². The van der Waals surface area contributed by atoms with Gasteiger partial charge in [0.05, 0.1) is 19.8 Å². The Labute approximate surface area is 190 Å². The molecule has 3 aromatic rings. The van der Waals surface area contributed by atoms with E-state index in [9.17, 15) is 14.7 Å². The number of aromatic amines is 1. The van der Waals surface area contributed by atoms with Gasteiger partial charge < -0.3 is 19.3 Å². The first-order valence-corrected chi connectivity index (χ1v) is 10.4. The van der Waals surface area contributed by atoms with Crippen molar-refractivity contribution in [2.75, 3.05) is 6.61 Å². The van der Waals surface area contributed by atoms with Crippen molar-refractivity contribution >= 4 is 0 Å². The quantitative estimate of drug-likeness (QED) is 0.508. The molecule has 8 nitrogen and oxygen atoms in total. The molecule has 1 saturated heterocycles. The summed E-state index contributed by atoms with van der Waals surface area (Å²) in [5, 5.41) is 11.1. The molecule has 1 aliphatic rings. The van der Waals surface area contributed by atoms with Gasteiger partial charge in [0.15, 0.2) is 11.8 Å². The van der Waals surface area contributed by atoms with Crippen LogP contribution in [-0.2, 0) is 27.4 Å². The maximum absolute atomic E-state index is 12.3. The molecule has 0 radical (unpaired) electrons. The Morgan fingerprint density at radius 2 is 1.67 bits per heavy atom. The molecule has 2 heterocycles. The highest BCUT2D eigenvalue weighted by atomic mass is 16.6. The minimum absolute atomic E-state index is 0.0798. The lowest BCUT2D eigenvalue weighted by atomic mass is 9.96. The lowest BCUT2D eigenvalue weighted by molar-refractivity contribution is -0.124. The second-order valence-electron chi connectivity index (χ2n) is 7.75. The van der Waals surface area contributed by atoms with Gasteiger partial charge in [-0.25, -0.2) is 4.79 Å². The van der Waals surface area contributed by atoms with Gasteiger partial charge >= 0.3 is 5.69 Å². The van der Waals surface area contributed by atoms with Gasteiger partial charge in [0, 0.05) is 12.3 Å². The van der Waals surface area contributed by atoms with Crippen molar-refractivity contribution in [3.63, 3.8) is 0 Å². The Morgan fingerprint density at radius 3 is 2.27 bits per heavy atom. The van der Waals surface area contributed by atoms with Crippen LogP contribution in [0.2, 0.25) is 0 Å². The van der Waals surface area contributed by atoms with Gasteiger partial charge in [-0.05, 0) is 11.1 Å². The van der Waals surface area contributed by atoms with Crippen LogP contribution in [0, 0.1) is 12.3 Å². The second-order valence-corrected chi connectivity index (χ2v) is 7.75. The van der Waals surface area contributed by atoms with Crippen LogP contribution in [0.25, 0.3) is 0 Å². The smallest absolute Gasteiger partial charge is 0.330 e. The highest BCUT2D eigenvalue weighted by Crippen LogP contribution is 2.39. The molecule has 2 N–H and O–H groups in total. The fourth-order valence-corrected chi connectivity index (χ4v) is 3.79. The van der Waals surface area contributed by atoms with Crippen LogP contribution < -0.4 is 11.2 Å². The largest absolute Gasteiger partial charge is 0.386 e. The average Bonchev–Trinajstić information content (AvgIpc) is 3.10. The molecular formula is C25H24N2O6. The standard InChI is InChI=1S/C25H24N2O6/c1-2-25(17-31-15-18-9-5-3-6-10-18)22(32-16-19-11-7-4-8-12-19)21(29)23(33-25)27-14-13-20(28)26-24(27)30/h1,3-14,21-23,29H,15-17H2,(H,26,28,30)/t21-,22-,23+,25+/m0/s1. The summed E-state index contributed by atoms with van der Waals surface area (Å²) in [5.41, 5.74) is -0.936. The van der Waals surface area contributed by atoms with Crippen molar-refractivity contribution in [1.29, 1.82) is 0 Å². The normalized spacial score (nSPS) is 24.4. The minimum Gasteiger partial charge on any atom is -0.386 e. The number of aliphatic hydroxyl groups excluding tert-OH is 1. The van der Waals surface area contributed by atoms with Gasteiger partial charge in [-0.1, -0.05) is 66.6 Å². The molecule has 0 unspecified atom stereocenters. The van der Waals surface area contributed by atoms with Crippen molar-refractivity contribution < 1.29 is 19.3 Å². The van der Waals surface area contributed by atoms with Crippen molar-refractivity contribution in [1.82, 2.24) is 9.55 Å². The van der Waals surface area contributed by atoms with E-state index in [1.54, 1.807) is 0 Å². The Hall–Kier alpha value is -3.48. The van der Waals surface area contributed by atoms with E-state index >= 15 is 0 Å². The van der Waals surface area contributed by atoms with Crippen LogP contribution >= 0.6 is 0 Å². The number of terminal acetylenes is 1. The molecule has 1 fully saturated rings. The maximum Gasteiger partial charge on any atom is 0.330 e. The van der Waals surface area contributed by atoms with Crippen LogP contribution in [0.15, 0.2) is 82.5 Å². The second kappa shape index (κ2) is 9.98. The monoisotopic (exact) mass is 448 g/mol. The van der Waals surface area contributed by atoms with E-state index in [-0.39, 0.29) is 19.8 Å². The molecule has 33 heavy (non-hydrogen) atoms. The molecule has 4 rings (SSSR count). The van der Waals surface area contributed by atoms with E-state index in [4.69, 9.17) is 20.6 Å². The third-order valence-electron chi connectivity index (χ3n) is 5.46. The first kappa shape index (κ1) is 22.7. The SMILES string of the molecule is C#C[C@]1(COCc2ccccc2)O[C@@H](n2ccc(=O)[nH]c2=O)[C@@H](O)[C@@H]1OCc1ccccc1. The highest BCUT2D eigenvalue weighted by molar-refractivity contribution is 5.21. The lowest BCUT2D eigenvalue weighted by Crippen LogP contribution is -2.47. The van der Waals surface area contributed by atoms with Gasteiger partial charge in [0.1, 0.15) is 12.2 Å². The number of nitrogens with zero attached hydrogens (tertiary/aromatic N) is 1. The molecule has 0 amide bonds. The maximum atomic E-state index is 12.3. The van der Waals surface area contributed by atoms with E-state index in [0.29, 0.717) is 0 Å². The fourth-order valence-electron chi connectivity index (χ4n) is 3.79. The summed E-state index contributed by atoms with van der Waals surface area (Å²) in [5.74, 6) is 2.59. The summed E-state index contributed by atoms with van der Waals surface area (Å²) >= 11 is 0. The summed E-state index contributed by atoms with van der Waals surface area (Å²) in [7, 11) is 0. The zero-order valence-electron chi connectivity index (χ0n) is 17.8. The molecule has 4 atom stereocenters. The minimum atomic E-state index is -1.47. The number of hydrogen-bond acceptors (Lipinski definition) is 6. The topological polar surface area (TPSA) is 103 Å². The predicted octanol–water partition coefficient (Wildman–Crippen LogP) is 1.60. The molecule has 1 aromatic heterocycles. The van der Waals surface area contributed by atoms with Crippen molar-refractivity contribution in [2.24, 2.45) is 0 Å². The van der Waals surface area contributed by atoms with Crippen molar-refractivity contribution in [3.8, 4) is 12.3 Å². The van der Waals surface area contributed by atoms with Gasteiger partial charge in [-0.15, -0.1) is 6.42 Å². The number of H-pyrrole nitrogens is 1. The lowest BCUT2D eigenvalue weighted by Gasteiger charge is -2.29. The number of ether oxygens (including phenoxy) is 3. The number of nitrogens with one attached hydrogen (secondary N) is 1. The molecule has 8 heteroatoms. The molecule has 0 saturated carbocycles. The zero-order valence-corrected chi connectivity index (χ0v) is 17.8. The van der Waals surface area contributed by atoms with E-state index in [2.05, 4.69) is 10.9 Å². The summed E-state index contributed by atoms with van der Waals surface area (Å²) in [4.78, 5) is 26.0. The first-order chi connectivity index (χ1) is 16.0. The highest BCUT2D eigenvalue weighted by Gasteiger charge is 2.56. The summed E-state index contributed by atoms with van der Waals surface area (Å²) in [6.07, 6.45) is 3.66. The average molecular weight is 448 g/mol. The van der Waals surface area contributed by atoms with E-state index in [1.807, 2.05) is 60.7 Å². The summed E-state index contributed by atoms with van der Waals surface area (Å²) in [6.45, 7) is 0.364. The molecule has 1 aliphatic heterocycles. The third-order valence-corrected chi connectivity index (χ3v) is 5.46. The Balaban J connectivity index is 1.60. The van der Waals surface area contributed by atoms with Crippen molar-refractivity contribution in [3.05, 3.63) is 105 Å². The zero-order chi connectivity index (χ0) is 23.3. The van der Waals surface area contributed by atoms with E-state index < -0.39 is 35.3 Å². The molecule has 170 valence electrons. The number of aliphatic hydroxyl groups is 1. The number of rotatable bonds is 8. The van der Waals surface area contributed by atoms with Crippen LogP contribution in [-0.4, -0.2) is 39.1 Å². The predicted molar refractivity (Wildman–Crippen MR) is 120 cm³/mol. The van der Waals surface area contributed by atoms with Crippen LogP contribution in [0.5, 0.6) is 0 Å². The van der Waals surface area contributed by atoms with E-state index in [1.165, 1.54) is 12.3 Å². The van der Waals surface area contributed by atoms with Gasteiger partial charge in [0.25, 0.3) is 5.56 Å². The number of aromatic nitrogens is 2. The first-order valence-electron chi connectivity index (χ1n) is 10.4. The molecular weight excluding hydrogens is 424 g/mol. The molecule has 2 aromatic carbocycles. The van der Waals surface area contributed by atoms with Crippen LogP contribution in [0.3, 0.4) is 0 Å². The Bertz CT molecular complexity index is 1220. The third kappa shape index (κ3) is 4.97. The van der Waals surface area contributed by atoms with E-state index in [0.717, 1.165) is 15.7 Å². The molecule has 0 aliphatic carbocycles. The Morgan fingerprint density at radius 1 is 1.03 bits per heavy atom. The van der Waals surface area contributed by atoms with Crippen LogP contribution in [0.4, 0.5) is 0 Å². The van der Waals surface area contributed by atoms with Gasteiger partial charge in [-0.3, -0.25) is 14.3 Å². The van der Waals surface area contributed by atoms with Crippen LogP contribution in [0.1, 0.15) is 17.4 Å². The summed E-state index contributed by atoms with van der Waals surface area (Å²) in [6, 6.07) is 20.1.